The van der Waals surface area contributed by atoms with Crippen LogP contribution in [0.25, 0.3) is 26.4 Å². The van der Waals surface area contributed by atoms with Crippen molar-refractivity contribution in [3.8, 4) is 10.7 Å². The molecule has 2 N–H and O–H groups in total. The van der Waals surface area contributed by atoms with Gasteiger partial charge in [0, 0.05) is 24.7 Å². The molecule has 5 rings (SSSR count). The molecule has 154 valence electrons. The van der Waals surface area contributed by atoms with Crippen molar-refractivity contribution in [3.05, 3.63) is 42.5 Å². The molecule has 0 amide bonds. The third-order valence-electron chi connectivity index (χ3n) is 6.22. The van der Waals surface area contributed by atoms with E-state index in [2.05, 4.69) is 15.5 Å². The minimum atomic E-state index is 0.292. The van der Waals surface area contributed by atoms with Crippen molar-refractivity contribution in [2.45, 2.75) is 51.4 Å². The fourth-order valence-electron chi connectivity index (χ4n) is 4.61. The Kier molecular flexibility index (Phi) is 4.98. The van der Waals surface area contributed by atoms with Crippen LogP contribution >= 0.6 is 11.3 Å². The molecule has 0 bridgehead atoms. The Hall–Kier alpha value is -2.80. The largest absolute Gasteiger partial charge is 0.382 e. The topological polar surface area (TPSA) is 86.2 Å². The Labute approximate surface area is 179 Å². The number of carbonyl (C=O) groups excluding carboxylic acids is 1. The van der Waals surface area contributed by atoms with Gasteiger partial charge in [-0.25, -0.2) is 15.0 Å². The molecule has 30 heavy (non-hydrogen) atoms. The Balaban J connectivity index is 1.50. The summed E-state index contributed by atoms with van der Waals surface area (Å²) in [5, 5.41) is 0.884. The van der Waals surface area contributed by atoms with E-state index in [9.17, 15) is 4.79 Å². The van der Waals surface area contributed by atoms with Gasteiger partial charge in [-0.3, -0.25) is 4.40 Å². The number of rotatable bonds is 5. The van der Waals surface area contributed by atoms with Gasteiger partial charge in [0.05, 0.1) is 10.2 Å². The number of aromatic nitrogens is 4. The number of fused-ring (bicyclic) bond motifs is 2. The van der Waals surface area contributed by atoms with Gasteiger partial charge in [0.15, 0.2) is 0 Å². The number of anilines is 1. The van der Waals surface area contributed by atoms with Gasteiger partial charge in [0.1, 0.15) is 33.6 Å². The van der Waals surface area contributed by atoms with Crippen molar-refractivity contribution < 1.29 is 4.79 Å². The lowest BCUT2D eigenvalue weighted by Gasteiger charge is -2.27. The lowest BCUT2D eigenvalue weighted by Crippen LogP contribution is -2.16. The highest BCUT2D eigenvalue weighted by molar-refractivity contribution is 7.21. The van der Waals surface area contributed by atoms with Crippen LogP contribution in [0.15, 0.2) is 36.7 Å². The highest BCUT2D eigenvalue weighted by Gasteiger charge is 2.28. The van der Waals surface area contributed by atoms with Gasteiger partial charge in [-0.15, -0.1) is 11.3 Å². The number of nitrogen functional groups attached to an aromatic ring is 1. The van der Waals surface area contributed by atoms with Crippen LogP contribution in [0.2, 0.25) is 0 Å². The molecule has 3 aromatic heterocycles. The Morgan fingerprint density at radius 3 is 2.77 bits per heavy atom. The highest BCUT2D eigenvalue weighted by atomic mass is 32.1. The lowest BCUT2D eigenvalue weighted by atomic mass is 9.79. The predicted octanol–water partition coefficient (Wildman–Crippen LogP) is 5.23. The maximum atomic E-state index is 11.3. The van der Waals surface area contributed by atoms with E-state index in [0.717, 1.165) is 64.4 Å². The van der Waals surface area contributed by atoms with Crippen molar-refractivity contribution in [2.75, 3.05) is 5.73 Å². The van der Waals surface area contributed by atoms with Crippen LogP contribution in [-0.2, 0) is 4.79 Å². The molecule has 1 aromatic carbocycles. The summed E-state index contributed by atoms with van der Waals surface area (Å²) >= 11 is 1.64. The summed E-state index contributed by atoms with van der Waals surface area (Å²) in [5.74, 6) is 2.86. The average Bonchev–Trinajstić information content (AvgIpc) is 3.35. The Morgan fingerprint density at radius 1 is 1.20 bits per heavy atom. The number of benzene rings is 1. The molecule has 0 spiro atoms. The first-order chi connectivity index (χ1) is 14.6. The molecule has 1 aliphatic rings. The second-order valence-corrected chi connectivity index (χ2v) is 9.33. The second-order valence-electron chi connectivity index (χ2n) is 8.29. The summed E-state index contributed by atoms with van der Waals surface area (Å²) < 4.78 is 3.26. The van der Waals surface area contributed by atoms with Gasteiger partial charge in [-0.2, -0.15) is 0 Å². The molecule has 0 aliphatic heterocycles. The van der Waals surface area contributed by atoms with Gasteiger partial charge >= 0.3 is 0 Å². The number of hydrogen-bond acceptors (Lipinski definition) is 6. The van der Waals surface area contributed by atoms with Crippen molar-refractivity contribution in [1.82, 2.24) is 19.4 Å². The highest BCUT2D eigenvalue weighted by Crippen LogP contribution is 2.40. The van der Waals surface area contributed by atoms with Gasteiger partial charge in [-0.1, -0.05) is 12.1 Å². The van der Waals surface area contributed by atoms with Crippen LogP contribution in [0.5, 0.6) is 0 Å². The smallest absolute Gasteiger partial charge is 0.150 e. The van der Waals surface area contributed by atoms with E-state index < -0.39 is 0 Å². The van der Waals surface area contributed by atoms with Crippen LogP contribution < -0.4 is 5.73 Å². The number of hydrogen-bond donors (Lipinski definition) is 1. The molecular weight excluding hydrogens is 394 g/mol. The second kappa shape index (κ2) is 7.80. The monoisotopic (exact) mass is 419 g/mol. The molecule has 0 saturated heterocycles. The van der Waals surface area contributed by atoms with E-state index in [-0.39, 0.29) is 0 Å². The third kappa shape index (κ3) is 3.47. The molecule has 3 heterocycles. The maximum absolute atomic E-state index is 11.3. The van der Waals surface area contributed by atoms with Gasteiger partial charge in [0.2, 0.25) is 0 Å². The summed E-state index contributed by atoms with van der Waals surface area (Å²) in [7, 11) is 0. The number of Topliss-reactive ketones (excluding diaryl/α,β-unsaturated/α-hetero) is 1. The number of imidazole rings is 1. The molecule has 7 heteroatoms. The first-order valence-corrected chi connectivity index (χ1v) is 11.4. The summed E-state index contributed by atoms with van der Waals surface area (Å²) in [4.78, 5) is 25.5. The van der Waals surface area contributed by atoms with Crippen LogP contribution in [0.1, 0.15) is 57.2 Å². The number of thiazole rings is 1. The molecule has 1 saturated carbocycles. The minimum absolute atomic E-state index is 0.292. The van der Waals surface area contributed by atoms with Crippen molar-refractivity contribution in [3.63, 3.8) is 0 Å². The van der Waals surface area contributed by atoms with Crippen LogP contribution in [-0.4, -0.2) is 25.1 Å². The molecule has 0 unspecified atom stereocenters. The van der Waals surface area contributed by atoms with E-state index in [1.165, 1.54) is 0 Å². The van der Waals surface area contributed by atoms with E-state index in [4.69, 9.17) is 15.7 Å². The zero-order chi connectivity index (χ0) is 20.7. The zero-order valence-electron chi connectivity index (χ0n) is 17.0. The Morgan fingerprint density at radius 2 is 2.00 bits per heavy atom. The fraction of sp³-hybridized carbons (Fsp3) is 0.391. The van der Waals surface area contributed by atoms with Crippen molar-refractivity contribution in [1.29, 1.82) is 0 Å². The number of para-hydroxylation sites is 1. The number of nitrogens with zero attached hydrogens (tertiary/aromatic N) is 4. The van der Waals surface area contributed by atoms with Crippen molar-refractivity contribution >= 4 is 38.7 Å². The SMILES string of the molecule is CC(=O)CCC1CCC(c2nc(-c3nc4ccccc4s3)c3c(N)nccn23)CC1. The van der Waals surface area contributed by atoms with E-state index in [0.29, 0.717) is 29.9 Å². The number of ketones is 1. The summed E-state index contributed by atoms with van der Waals surface area (Å²) in [5.41, 5.74) is 8.96. The number of carbonyl (C=O) groups is 1. The summed E-state index contributed by atoms with van der Waals surface area (Å²) in [6, 6.07) is 8.14. The Bertz CT molecular complexity index is 1190. The van der Waals surface area contributed by atoms with E-state index in [1.807, 2.05) is 24.4 Å². The van der Waals surface area contributed by atoms with Crippen molar-refractivity contribution in [2.24, 2.45) is 5.92 Å². The summed E-state index contributed by atoms with van der Waals surface area (Å²) in [6.07, 6.45) is 9.88. The number of nitrogens with two attached hydrogens (primary N) is 1. The standard InChI is InChI=1S/C23H25N5OS/c1-14(29)6-7-15-8-10-16(11-9-15)22-27-19(20-21(24)25-12-13-28(20)22)23-26-17-4-2-3-5-18(17)30-23/h2-5,12-13,15-16H,6-11H2,1H3,(H2,24,25). The van der Waals surface area contributed by atoms with E-state index in [1.54, 1.807) is 24.5 Å². The molecule has 4 aromatic rings. The minimum Gasteiger partial charge on any atom is -0.382 e. The molecule has 0 radical (unpaired) electrons. The fourth-order valence-corrected chi connectivity index (χ4v) is 5.57. The molecule has 6 nitrogen and oxygen atoms in total. The summed E-state index contributed by atoms with van der Waals surface area (Å²) in [6.45, 7) is 1.68. The zero-order valence-corrected chi connectivity index (χ0v) is 17.9. The third-order valence-corrected chi connectivity index (χ3v) is 7.27. The van der Waals surface area contributed by atoms with Gasteiger partial charge in [-0.05, 0) is 57.1 Å². The average molecular weight is 420 g/mol. The first-order valence-electron chi connectivity index (χ1n) is 10.6. The van der Waals surface area contributed by atoms with Crippen LogP contribution in [0.4, 0.5) is 5.82 Å². The molecule has 0 atom stereocenters. The predicted molar refractivity (Wildman–Crippen MR) is 121 cm³/mol. The molecule has 1 aliphatic carbocycles. The van der Waals surface area contributed by atoms with Crippen LogP contribution in [0.3, 0.4) is 0 Å². The molecular formula is C23H25N5OS. The quantitative estimate of drug-likeness (QED) is 0.478. The lowest BCUT2D eigenvalue weighted by molar-refractivity contribution is -0.117. The molecule has 1 fully saturated rings. The van der Waals surface area contributed by atoms with Crippen LogP contribution in [0, 0.1) is 5.92 Å². The first kappa shape index (κ1) is 19.2. The maximum Gasteiger partial charge on any atom is 0.150 e. The van der Waals surface area contributed by atoms with E-state index >= 15 is 0 Å². The normalized spacial score (nSPS) is 19.5. The van der Waals surface area contributed by atoms with Gasteiger partial charge < -0.3 is 10.5 Å². The van der Waals surface area contributed by atoms with Gasteiger partial charge in [0.25, 0.3) is 0 Å².